The van der Waals surface area contributed by atoms with Gasteiger partial charge in [-0.25, -0.2) is 9.97 Å². The molecule has 5 heteroatoms. The third-order valence-corrected chi connectivity index (χ3v) is 5.86. The van der Waals surface area contributed by atoms with Crippen molar-refractivity contribution in [2.24, 2.45) is 0 Å². The van der Waals surface area contributed by atoms with Crippen LogP contribution in [-0.4, -0.2) is 15.9 Å². The molecule has 2 aromatic heterocycles. The molecule has 4 rings (SSSR count). The van der Waals surface area contributed by atoms with E-state index in [-0.39, 0.29) is 11.8 Å². The minimum absolute atomic E-state index is 0.0138. The van der Waals surface area contributed by atoms with Crippen LogP contribution in [0.1, 0.15) is 30.4 Å². The number of aryl methyl sites for hydroxylation is 1. The Hall–Kier alpha value is -3.05. The Kier molecular flexibility index (Phi) is 5.17. The first-order valence-corrected chi connectivity index (χ1v) is 10.2. The Labute approximate surface area is 168 Å². The lowest BCUT2D eigenvalue weighted by molar-refractivity contribution is -0.117. The Morgan fingerprint density at radius 1 is 1.11 bits per heavy atom. The summed E-state index contributed by atoms with van der Waals surface area (Å²) in [5, 5.41) is 4.03. The molecule has 1 amide bonds. The molecule has 0 spiro atoms. The Balaban J connectivity index is 1.63. The quantitative estimate of drug-likeness (QED) is 0.471. The van der Waals surface area contributed by atoms with Crippen molar-refractivity contribution in [2.75, 3.05) is 5.32 Å². The van der Waals surface area contributed by atoms with Gasteiger partial charge in [-0.05, 0) is 42.7 Å². The molecule has 1 atom stereocenters. The SMILES string of the molecule is CC[C@H](C(=O)Nc1cc(-c2nc3cccnc3s2)ccc1C)c1ccccc1. The van der Waals surface area contributed by atoms with Crippen molar-refractivity contribution in [1.82, 2.24) is 9.97 Å². The van der Waals surface area contributed by atoms with E-state index >= 15 is 0 Å². The van der Waals surface area contributed by atoms with Crippen LogP contribution < -0.4 is 5.32 Å². The first-order valence-electron chi connectivity index (χ1n) is 9.34. The van der Waals surface area contributed by atoms with Crippen LogP contribution in [0, 0.1) is 6.92 Å². The summed E-state index contributed by atoms with van der Waals surface area (Å²) in [7, 11) is 0. The molecule has 28 heavy (non-hydrogen) atoms. The van der Waals surface area contributed by atoms with Crippen LogP contribution in [0.3, 0.4) is 0 Å². The predicted octanol–water partition coefficient (Wildman–Crippen LogP) is 5.80. The Morgan fingerprint density at radius 3 is 2.68 bits per heavy atom. The van der Waals surface area contributed by atoms with Crippen LogP contribution in [0.15, 0.2) is 66.9 Å². The van der Waals surface area contributed by atoms with Crippen molar-refractivity contribution in [3.8, 4) is 10.6 Å². The molecule has 0 radical (unpaired) electrons. The van der Waals surface area contributed by atoms with Gasteiger partial charge in [0.05, 0.1) is 5.92 Å². The lowest BCUT2D eigenvalue weighted by atomic mass is 9.95. The molecular formula is C23H21N3OS. The summed E-state index contributed by atoms with van der Waals surface area (Å²) in [4.78, 5) is 22.9. The second kappa shape index (κ2) is 7.90. The van der Waals surface area contributed by atoms with Gasteiger partial charge in [-0.3, -0.25) is 4.79 Å². The number of carbonyl (C=O) groups excluding carboxylic acids is 1. The third kappa shape index (κ3) is 3.66. The zero-order valence-electron chi connectivity index (χ0n) is 15.8. The van der Waals surface area contributed by atoms with Crippen LogP contribution in [0.5, 0.6) is 0 Å². The van der Waals surface area contributed by atoms with Gasteiger partial charge in [0, 0.05) is 17.4 Å². The highest BCUT2D eigenvalue weighted by molar-refractivity contribution is 7.21. The number of hydrogen-bond acceptors (Lipinski definition) is 4. The van der Waals surface area contributed by atoms with Crippen LogP contribution in [0.4, 0.5) is 5.69 Å². The summed E-state index contributed by atoms with van der Waals surface area (Å²) in [5.41, 5.74) is 4.76. The van der Waals surface area contributed by atoms with Crippen molar-refractivity contribution >= 4 is 33.3 Å². The standard InChI is InChI=1S/C23H21N3OS/c1-3-18(16-8-5-4-6-9-16)21(27)25-20-14-17(12-11-15(20)2)22-26-19-10-7-13-24-23(19)28-22/h4-14,18H,3H2,1-2H3,(H,25,27)/t18-/m0/s1. The Morgan fingerprint density at radius 2 is 1.93 bits per heavy atom. The molecule has 0 aliphatic rings. The number of nitrogens with one attached hydrogen (secondary N) is 1. The summed E-state index contributed by atoms with van der Waals surface area (Å²) in [6.07, 6.45) is 2.53. The fraction of sp³-hybridized carbons (Fsp3) is 0.174. The zero-order valence-corrected chi connectivity index (χ0v) is 16.7. The molecule has 0 unspecified atom stereocenters. The second-order valence-electron chi connectivity index (χ2n) is 6.74. The number of aromatic nitrogens is 2. The van der Waals surface area contributed by atoms with Crippen molar-refractivity contribution in [3.63, 3.8) is 0 Å². The molecular weight excluding hydrogens is 366 g/mol. The van der Waals surface area contributed by atoms with E-state index in [2.05, 4.69) is 15.3 Å². The van der Waals surface area contributed by atoms with E-state index in [1.54, 1.807) is 17.5 Å². The first kappa shape index (κ1) is 18.3. The molecule has 2 heterocycles. The largest absolute Gasteiger partial charge is 0.325 e. The number of anilines is 1. The van der Waals surface area contributed by atoms with E-state index in [0.29, 0.717) is 0 Å². The summed E-state index contributed by atoms with van der Waals surface area (Å²) in [6.45, 7) is 4.04. The number of thiazole rings is 1. The van der Waals surface area contributed by atoms with Crippen LogP contribution in [-0.2, 0) is 4.79 Å². The van der Waals surface area contributed by atoms with Gasteiger partial charge in [-0.15, -0.1) is 0 Å². The predicted molar refractivity (Wildman–Crippen MR) is 116 cm³/mol. The average Bonchev–Trinajstić information content (AvgIpc) is 3.15. The summed E-state index contributed by atoms with van der Waals surface area (Å²) >= 11 is 1.56. The van der Waals surface area contributed by atoms with Gasteiger partial charge in [-0.2, -0.15) is 0 Å². The minimum Gasteiger partial charge on any atom is -0.325 e. The fourth-order valence-electron chi connectivity index (χ4n) is 3.26. The molecule has 0 saturated heterocycles. The van der Waals surface area contributed by atoms with E-state index in [1.165, 1.54) is 0 Å². The summed E-state index contributed by atoms with van der Waals surface area (Å²) in [6, 6.07) is 19.8. The van der Waals surface area contributed by atoms with Crippen LogP contribution in [0.25, 0.3) is 20.9 Å². The van der Waals surface area contributed by atoms with Gasteiger partial charge in [0.2, 0.25) is 5.91 Å². The average molecular weight is 388 g/mol. The number of benzene rings is 2. The van der Waals surface area contributed by atoms with E-state index in [0.717, 1.165) is 44.2 Å². The Bertz CT molecular complexity index is 1090. The van der Waals surface area contributed by atoms with E-state index in [1.807, 2.05) is 74.5 Å². The van der Waals surface area contributed by atoms with Gasteiger partial charge >= 0.3 is 0 Å². The molecule has 4 aromatic rings. The van der Waals surface area contributed by atoms with Crippen LogP contribution >= 0.6 is 11.3 Å². The number of pyridine rings is 1. The third-order valence-electron chi connectivity index (χ3n) is 4.84. The summed E-state index contributed by atoms with van der Waals surface area (Å²) < 4.78 is 0. The number of nitrogens with zero attached hydrogens (tertiary/aromatic N) is 2. The molecule has 0 bridgehead atoms. The maximum absolute atomic E-state index is 13.0. The van der Waals surface area contributed by atoms with Gasteiger partial charge in [-0.1, -0.05) is 60.7 Å². The molecule has 1 N–H and O–H groups in total. The van der Waals surface area contributed by atoms with Gasteiger partial charge < -0.3 is 5.32 Å². The minimum atomic E-state index is -0.170. The zero-order chi connectivity index (χ0) is 19.5. The molecule has 4 nitrogen and oxygen atoms in total. The maximum atomic E-state index is 13.0. The molecule has 140 valence electrons. The second-order valence-corrected chi connectivity index (χ2v) is 7.71. The van der Waals surface area contributed by atoms with E-state index in [9.17, 15) is 4.79 Å². The number of amides is 1. The summed E-state index contributed by atoms with van der Waals surface area (Å²) in [5.74, 6) is -0.157. The highest BCUT2D eigenvalue weighted by Crippen LogP contribution is 2.32. The number of rotatable bonds is 5. The topological polar surface area (TPSA) is 54.9 Å². The molecule has 2 aromatic carbocycles. The molecule has 0 fully saturated rings. The number of fused-ring (bicyclic) bond motifs is 1. The monoisotopic (exact) mass is 387 g/mol. The maximum Gasteiger partial charge on any atom is 0.231 e. The number of carbonyl (C=O) groups is 1. The van der Waals surface area contributed by atoms with Gasteiger partial charge in [0.15, 0.2) is 0 Å². The molecule has 0 saturated carbocycles. The van der Waals surface area contributed by atoms with Gasteiger partial charge in [0.25, 0.3) is 0 Å². The fourth-order valence-corrected chi connectivity index (χ4v) is 4.16. The smallest absolute Gasteiger partial charge is 0.231 e. The number of hydrogen-bond donors (Lipinski definition) is 1. The normalized spacial score (nSPS) is 12.1. The van der Waals surface area contributed by atoms with Crippen molar-refractivity contribution in [1.29, 1.82) is 0 Å². The van der Waals surface area contributed by atoms with Crippen molar-refractivity contribution < 1.29 is 4.79 Å². The highest BCUT2D eigenvalue weighted by atomic mass is 32.1. The van der Waals surface area contributed by atoms with E-state index < -0.39 is 0 Å². The van der Waals surface area contributed by atoms with E-state index in [4.69, 9.17) is 0 Å². The van der Waals surface area contributed by atoms with Gasteiger partial charge in [0.1, 0.15) is 15.4 Å². The van der Waals surface area contributed by atoms with Crippen LogP contribution in [0.2, 0.25) is 0 Å². The lowest BCUT2D eigenvalue weighted by Gasteiger charge is -2.17. The first-order chi connectivity index (χ1) is 13.7. The molecule has 0 aliphatic heterocycles. The lowest BCUT2D eigenvalue weighted by Crippen LogP contribution is -2.21. The molecule has 0 aliphatic carbocycles. The highest BCUT2D eigenvalue weighted by Gasteiger charge is 2.19. The van der Waals surface area contributed by atoms with Crippen molar-refractivity contribution in [2.45, 2.75) is 26.2 Å². The van der Waals surface area contributed by atoms with Crippen molar-refractivity contribution in [3.05, 3.63) is 78.0 Å².